The van der Waals surface area contributed by atoms with Gasteiger partial charge < -0.3 is 4.90 Å². The largest absolute Gasteiger partial charge is 0.369 e. The normalized spacial score (nSPS) is 14.5. The highest BCUT2D eigenvalue weighted by Gasteiger charge is 2.18. The van der Waals surface area contributed by atoms with Crippen molar-refractivity contribution in [1.29, 1.82) is 0 Å². The third-order valence-corrected chi connectivity index (χ3v) is 5.50. The fraction of sp³-hybridized carbons (Fsp3) is 0.333. The Morgan fingerprint density at radius 1 is 1.04 bits per heavy atom. The van der Waals surface area contributed by atoms with Crippen molar-refractivity contribution >= 4 is 33.8 Å². The average Bonchev–Trinajstić information content (AvgIpc) is 3.22. The molecule has 0 aliphatic carbocycles. The number of thiophene rings is 1. The number of amides is 2. The Morgan fingerprint density at radius 3 is 2.39 bits per heavy atom. The van der Waals surface area contributed by atoms with Crippen LogP contribution in [0, 0.1) is 10.1 Å². The second-order valence-electron chi connectivity index (χ2n) is 6.31. The summed E-state index contributed by atoms with van der Waals surface area (Å²) in [5, 5.41) is 10.5. The predicted octanol–water partition coefficient (Wildman–Crippen LogP) is 1.63. The zero-order valence-electron chi connectivity index (χ0n) is 15.2. The SMILES string of the molecule is O=C(CCN1CCN(c2ccccc2)CC1)NNC(=O)c1ccc([N+](=O)[O-])s1. The molecular formula is C18H21N5O4S. The van der Waals surface area contributed by atoms with Crippen LogP contribution in [0.15, 0.2) is 42.5 Å². The van der Waals surface area contributed by atoms with Gasteiger partial charge in [0.25, 0.3) is 5.91 Å². The molecule has 0 atom stereocenters. The number of piperazine rings is 1. The zero-order valence-corrected chi connectivity index (χ0v) is 16.0. The molecule has 1 aromatic heterocycles. The van der Waals surface area contributed by atoms with E-state index in [1.165, 1.54) is 17.8 Å². The molecule has 1 saturated heterocycles. The molecule has 148 valence electrons. The molecule has 10 heteroatoms. The first-order chi connectivity index (χ1) is 13.5. The highest BCUT2D eigenvalue weighted by atomic mass is 32.1. The molecule has 2 amide bonds. The van der Waals surface area contributed by atoms with E-state index in [2.05, 4.69) is 32.8 Å². The molecule has 3 rings (SSSR count). The van der Waals surface area contributed by atoms with Crippen molar-refractivity contribution in [3.63, 3.8) is 0 Å². The minimum Gasteiger partial charge on any atom is -0.369 e. The summed E-state index contributed by atoms with van der Waals surface area (Å²) in [6.07, 6.45) is 0.260. The monoisotopic (exact) mass is 403 g/mol. The molecule has 1 aliphatic rings. The number of nitro groups is 1. The Balaban J connectivity index is 1.35. The number of benzene rings is 1. The third-order valence-electron chi connectivity index (χ3n) is 4.46. The molecule has 0 spiro atoms. The summed E-state index contributed by atoms with van der Waals surface area (Å²) in [5.74, 6) is -0.868. The van der Waals surface area contributed by atoms with Crippen LogP contribution in [0.25, 0.3) is 0 Å². The van der Waals surface area contributed by atoms with Crippen molar-refractivity contribution in [2.45, 2.75) is 6.42 Å². The molecular weight excluding hydrogens is 382 g/mol. The van der Waals surface area contributed by atoms with Gasteiger partial charge in [0.1, 0.15) is 4.88 Å². The smallest absolute Gasteiger partial charge is 0.324 e. The fourth-order valence-electron chi connectivity index (χ4n) is 2.93. The second-order valence-corrected chi connectivity index (χ2v) is 7.37. The van der Waals surface area contributed by atoms with Gasteiger partial charge in [-0.3, -0.25) is 35.5 Å². The highest BCUT2D eigenvalue weighted by molar-refractivity contribution is 7.17. The van der Waals surface area contributed by atoms with E-state index in [1.807, 2.05) is 18.2 Å². The molecule has 0 radical (unpaired) electrons. The maximum absolute atomic E-state index is 12.0. The van der Waals surface area contributed by atoms with Crippen LogP contribution in [0.5, 0.6) is 0 Å². The molecule has 0 bridgehead atoms. The van der Waals surface area contributed by atoms with Crippen LogP contribution in [0.2, 0.25) is 0 Å². The van der Waals surface area contributed by atoms with Crippen LogP contribution in [0.4, 0.5) is 10.7 Å². The lowest BCUT2D eigenvalue weighted by Gasteiger charge is -2.36. The summed E-state index contributed by atoms with van der Waals surface area (Å²) in [7, 11) is 0. The minimum atomic E-state index is -0.567. The van der Waals surface area contributed by atoms with Crippen molar-refractivity contribution in [3.05, 3.63) is 57.5 Å². The van der Waals surface area contributed by atoms with Crippen LogP contribution in [0.1, 0.15) is 16.1 Å². The number of anilines is 1. The number of hydrazine groups is 1. The van der Waals surface area contributed by atoms with E-state index in [9.17, 15) is 19.7 Å². The molecule has 0 saturated carbocycles. The van der Waals surface area contributed by atoms with Crippen molar-refractivity contribution in [3.8, 4) is 0 Å². The molecule has 1 aromatic carbocycles. The number of hydrogen-bond acceptors (Lipinski definition) is 7. The molecule has 2 aromatic rings. The Hall–Kier alpha value is -2.98. The molecule has 0 unspecified atom stereocenters. The van der Waals surface area contributed by atoms with E-state index in [1.54, 1.807) is 0 Å². The maximum atomic E-state index is 12.0. The number of hydrogen-bond donors (Lipinski definition) is 2. The summed E-state index contributed by atoms with van der Waals surface area (Å²) in [5.41, 5.74) is 5.85. The van der Waals surface area contributed by atoms with Crippen LogP contribution < -0.4 is 15.8 Å². The van der Waals surface area contributed by atoms with Gasteiger partial charge in [-0.15, -0.1) is 0 Å². The third kappa shape index (κ3) is 5.27. The predicted molar refractivity (Wildman–Crippen MR) is 106 cm³/mol. The average molecular weight is 403 g/mol. The number of carbonyl (C=O) groups excluding carboxylic acids is 2. The van der Waals surface area contributed by atoms with Gasteiger partial charge in [-0.05, 0) is 18.2 Å². The van der Waals surface area contributed by atoms with Crippen LogP contribution >= 0.6 is 11.3 Å². The van der Waals surface area contributed by atoms with Gasteiger partial charge >= 0.3 is 5.00 Å². The lowest BCUT2D eigenvalue weighted by Crippen LogP contribution is -2.48. The zero-order chi connectivity index (χ0) is 19.9. The Morgan fingerprint density at radius 2 is 1.75 bits per heavy atom. The first-order valence-corrected chi connectivity index (χ1v) is 9.70. The Bertz CT molecular complexity index is 834. The quantitative estimate of drug-likeness (QED) is 0.561. The van der Waals surface area contributed by atoms with Crippen molar-refractivity contribution in [2.75, 3.05) is 37.6 Å². The second kappa shape index (κ2) is 9.29. The van der Waals surface area contributed by atoms with Crippen LogP contribution in [0.3, 0.4) is 0 Å². The van der Waals surface area contributed by atoms with Gasteiger partial charge in [-0.1, -0.05) is 29.5 Å². The van der Waals surface area contributed by atoms with Gasteiger partial charge in [0.15, 0.2) is 0 Å². The Labute approximate surface area is 166 Å². The summed E-state index contributed by atoms with van der Waals surface area (Å²) in [6.45, 7) is 4.15. The van der Waals surface area contributed by atoms with Gasteiger partial charge in [0.05, 0.1) is 4.92 Å². The van der Waals surface area contributed by atoms with E-state index < -0.39 is 10.8 Å². The number of rotatable bonds is 6. The van der Waals surface area contributed by atoms with Gasteiger partial charge in [-0.2, -0.15) is 0 Å². The summed E-state index contributed by atoms with van der Waals surface area (Å²) >= 11 is 0.760. The molecule has 2 heterocycles. The van der Waals surface area contributed by atoms with E-state index in [0.717, 1.165) is 37.5 Å². The van der Waals surface area contributed by atoms with Gasteiger partial charge in [-0.25, -0.2) is 0 Å². The van der Waals surface area contributed by atoms with E-state index in [0.29, 0.717) is 6.54 Å². The van der Waals surface area contributed by atoms with E-state index >= 15 is 0 Å². The molecule has 1 fully saturated rings. The first-order valence-electron chi connectivity index (χ1n) is 8.88. The first kappa shape index (κ1) is 19.8. The van der Waals surface area contributed by atoms with Gasteiger partial charge in [0, 0.05) is 50.9 Å². The standard InChI is InChI=1S/C18H21N5O4S/c24-16(19-20-18(25)15-6-7-17(28-15)23(26)27)8-9-21-10-12-22(13-11-21)14-4-2-1-3-5-14/h1-7H,8-13H2,(H,19,24)(H,20,25). The number of carbonyl (C=O) groups is 2. The number of nitrogens with zero attached hydrogens (tertiary/aromatic N) is 3. The van der Waals surface area contributed by atoms with E-state index in [-0.39, 0.29) is 22.2 Å². The topological polar surface area (TPSA) is 108 Å². The molecule has 28 heavy (non-hydrogen) atoms. The summed E-state index contributed by atoms with van der Waals surface area (Å²) in [4.78, 5) is 38.6. The van der Waals surface area contributed by atoms with E-state index in [4.69, 9.17) is 0 Å². The number of para-hydroxylation sites is 1. The molecule has 2 N–H and O–H groups in total. The molecule has 1 aliphatic heterocycles. The van der Waals surface area contributed by atoms with Crippen LogP contribution in [-0.2, 0) is 4.79 Å². The van der Waals surface area contributed by atoms with Crippen molar-refractivity contribution in [2.24, 2.45) is 0 Å². The molecule has 9 nitrogen and oxygen atoms in total. The number of nitrogens with one attached hydrogen (secondary N) is 2. The maximum Gasteiger partial charge on any atom is 0.324 e. The summed E-state index contributed by atoms with van der Waals surface area (Å²) < 4.78 is 0. The summed E-state index contributed by atoms with van der Waals surface area (Å²) in [6, 6.07) is 12.8. The van der Waals surface area contributed by atoms with Crippen molar-refractivity contribution in [1.82, 2.24) is 15.8 Å². The highest BCUT2D eigenvalue weighted by Crippen LogP contribution is 2.23. The fourth-order valence-corrected chi connectivity index (χ4v) is 3.64. The minimum absolute atomic E-state index is 0.119. The Kier molecular flexibility index (Phi) is 6.56. The van der Waals surface area contributed by atoms with Crippen LogP contribution in [-0.4, -0.2) is 54.4 Å². The van der Waals surface area contributed by atoms with Crippen molar-refractivity contribution < 1.29 is 14.5 Å². The van der Waals surface area contributed by atoms with Gasteiger partial charge in [0.2, 0.25) is 5.91 Å². The lowest BCUT2D eigenvalue weighted by molar-refractivity contribution is -0.380. The lowest BCUT2D eigenvalue weighted by atomic mass is 10.2.